The molecule has 0 heterocycles. The Morgan fingerprint density at radius 1 is 1.09 bits per heavy atom. The van der Waals surface area contributed by atoms with Gasteiger partial charge in [0.15, 0.2) is 0 Å². The van der Waals surface area contributed by atoms with Gasteiger partial charge in [-0.15, -0.1) is 0 Å². The minimum atomic E-state index is -0.659. The van der Waals surface area contributed by atoms with E-state index in [9.17, 15) is 4.79 Å². The van der Waals surface area contributed by atoms with Crippen molar-refractivity contribution in [2.75, 3.05) is 18.5 Å². The Morgan fingerprint density at radius 3 is 2.22 bits per heavy atom. The zero-order valence-corrected chi connectivity index (χ0v) is 14.8. The van der Waals surface area contributed by atoms with E-state index in [1.807, 2.05) is 39.8 Å². The molecule has 1 saturated carbocycles. The van der Waals surface area contributed by atoms with E-state index in [1.54, 1.807) is 0 Å². The zero-order chi connectivity index (χ0) is 16.9. The highest BCUT2D eigenvalue weighted by atomic mass is 16.5. The maximum atomic E-state index is 12.8. The highest BCUT2D eigenvalue weighted by Crippen LogP contribution is 2.34. The molecule has 128 valence electrons. The summed E-state index contributed by atoms with van der Waals surface area (Å²) < 4.78 is 11.6. The summed E-state index contributed by atoms with van der Waals surface area (Å²) in [6, 6.07) is 3.94. The Balaban J connectivity index is 2.18. The third-order valence-corrected chi connectivity index (χ3v) is 4.50. The minimum absolute atomic E-state index is 0.0120. The average Bonchev–Trinajstić information content (AvgIpc) is 2.52. The van der Waals surface area contributed by atoms with Crippen LogP contribution in [0.5, 0.6) is 5.75 Å². The second kappa shape index (κ2) is 7.82. The molecule has 2 rings (SSSR count). The first kappa shape index (κ1) is 17.8. The molecule has 1 aromatic carbocycles. The summed E-state index contributed by atoms with van der Waals surface area (Å²) in [6.07, 6.45) is 4.90. The van der Waals surface area contributed by atoms with Crippen molar-refractivity contribution in [3.8, 4) is 5.75 Å². The number of nitrogens with one attached hydrogen (secondary N) is 1. The number of amides is 1. The van der Waals surface area contributed by atoms with E-state index in [-0.39, 0.29) is 5.91 Å². The number of rotatable bonds is 6. The van der Waals surface area contributed by atoms with Gasteiger partial charge in [-0.3, -0.25) is 4.79 Å². The molecule has 0 saturated heterocycles. The lowest BCUT2D eigenvalue weighted by atomic mass is 9.83. The molecule has 1 aliphatic rings. The van der Waals surface area contributed by atoms with Gasteiger partial charge in [-0.1, -0.05) is 19.3 Å². The van der Waals surface area contributed by atoms with Crippen molar-refractivity contribution in [3.05, 3.63) is 23.3 Å². The number of hydrogen-bond donors (Lipinski definition) is 1. The van der Waals surface area contributed by atoms with Crippen LogP contribution in [0.25, 0.3) is 0 Å². The normalized spacial score (nSPS) is 16.9. The number of carbonyl (C=O) groups is 1. The molecule has 4 nitrogen and oxygen atoms in total. The molecule has 0 unspecified atom stereocenters. The summed E-state index contributed by atoms with van der Waals surface area (Å²) in [5.74, 6) is 0.893. The molecule has 0 radical (unpaired) electrons. The fraction of sp³-hybridized carbons (Fsp3) is 0.632. The quantitative estimate of drug-likeness (QED) is 0.846. The van der Waals surface area contributed by atoms with E-state index in [0.29, 0.717) is 13.2 Å². The van der Waals surface area contributed by atoms with E-state index in [1.165, 1.54) is 6.42 Å². The maximum Gasteiger partial charge on any atom is 0.256 e. The van der Waals surface area contributed by atoms with E-state index < -0.39 is 5.60 Å². The lowest BCUT2D eigenvalue weighted by molar-refractivity contribution is -0.145. The predicted molar refractivity (Wildman–Crippen MR) is 93.2 cm³/mol. The molecule has 1 amide bonds. The zero-order valence-electron chi connectivity index (χ0n) is 14.8. The lowest BCUT2D eigenvalue weighted by Crippen LogP contribution is -2.47. The molecule has 23 heavy (non-hydrogen) atoms. The predicted octanol–water partition coefficient (Wildman–Crippen LogP) is 4.38. The van der Waals surface area contributed by atoms with Crippen LogP contribution in [0.3, 0.4) is 0 Å². The van der Waals surface area contributed by atoms with E-state index in [2.05, 4.69) is 5.32 Å². The number of ether oxygens (including phenoxy) is 2. The van der Waals surface area contributed by atoms with Crippen LogP contribution in [0.4, 0.5) is 5.69 Å². The first-order valence-corrected chi connectivity index (χ1v) is 8.72. The molecular formula is C19H29NO3. The van der Waals surface area contributed by atoms with Crippen LogP contribution in [-0.4, -0.2) is 24.7 Å². The van der Waals surface area contributed by atoms with Crippen LogP contribution >= 0.6 is 0 Å². The van der Waals surface area contributed by atoms with Gasteiger partial charge >= 0.3 is 0 Å². The molecule has 1 aromatic rings. The molecule has 0 aliphatic heterocycles. The molecule has 0 aromatic heterocycles. The lowest BCUT2D eigenvalue weighted by Gasteiger charge is -2.35. The summed E-state index contributed by atoms with van der Waals surface area (Å²) >= 11 is 0. The van der Waals surface area contributed by atoms with Gasteiger partial charge in [-0.25, -0.2) is 0 Å². The third-order valence-electron chi connectivity index (χ3n) is 4.50. The maximum absolute atomic E-state index is 12.8. The number of hydrogen-bond acceptors (Lipinski definition) is 3. The van der Waals surface area contributed by atoms with Crippen molar-refractivity contribution in [3.63, 3.8) is 0 Å². The SMILES string of the molecule is CCOc1c(C)cc(NC(=O)C2(OCC)CCCCC2)cc1C. The Hall–Kier alpha value is -1.55. The van der Waals surface area contributed by atoms with Gasteiger partial charge in [-0.05, 0) is 63.8 Å². The van der Waals surface area contributed by atoms with Crippen LogP contribution in [0.1, 0.15) is 57.1 Å². The topological polar surface area (TPSA) is 47.6 Å². The minimum Gasteiger partial charge on any atom is -0.493 e. The summed E-state index contributed by atoms with van der Waals surface area (Å²) in [6.45, 7) is 9.15. The van der Waals surface area contributed by atoms with Gasteiger partial charge in [0.2, 0.25) is 0 Å². The second-order valence-corrected chi connectivity index (χ2v) is 6.31. The summed E-state index contributed by atoms with van der Waals surface area (Å²) in [5.41, 5.74) is 2.23. The highest BCUT2D eigenvalue weighted by Gasteiger charge is 2.40. The van der Waals surface area contributed by atoms with Crippen molar-refractivity contribution >= 4 is 11.6 Å². The van der Waals surface area contributed by atoms with Crippen LogP contribution in [0.2, 0.25) is 0 Å². The Bertz CT molecular complexity index is 519. The molecule has 1 fully saturated rings. The van der Waals surface area contributed by atoms with Crippen LogP contribution in [0, 0.1) is 13.8 Å². The van der Waals surface area contributed by atoms with E-state index in [4.69, 9.17) is 9.47 Å². The van der Waals surface area contributed by atoms with Crippen LogP contribution < -0.4 is 10.1 Å². The summed E-state index contributed by atoms with van der Waals surface area (Å²) in [5, 5.41) is 3.07. The number of benzene rings is 1. The Kier molecular flexibility index (Phi) is 6.05. The molecule has 0 atom stereocenters. The standard InChI is InChI=1S/C19H29NO3/c1-5-22-17-14(3)12-16(13-15(17)4)20-18(21)19(23-6-2)10-8-7-9-11-19/h12-13H,5-11H2,1-4H3,(H,20,21). The van der Waals surface area contributed by atoms with Crippen molar-refractivity contribution in [2.24, 2.45) is 0 Å². The van der Waals surface area contributed by atoms with Gasteiger partial charge in [0, 0.05) is 12.3 Å². The largest absolute Gasteiger partial charge is 0.493 e. The monoisotopic (exact) mass is 319 g/mol. The molecular weight excluding hydrogens is 290 g/mol. The molecule has 0 bridgehead atoms. The molecule has 4 heteroatoms. The average molecular weight is 319 g/mol. The molecule has 1 N–H and O–H groups in total. The number of anilines is 1. The van der Waals surface area contributed by atoms with E-state index in [0.717, 1.165) is 48.2 Å². The van der Waals surface area contributed by atoms with Crippen molar-refractivity contribution in [1.29, 1.82) is 0 Å². The fourth-order valence-corrected chi connectivity index (χ4v) is 3.48. The van der Waals surface area contributed by atoms with E-state index >= 15 is 0 Å². The van der Waals surface area contributed by atoms with Crippen molar-refractivity contribution in [1.82, 2.24) is 0 Å². The fourth-order valence-electron chi connectivity index (χ4n) is 3.48. The third kappa shape index (κ3) is 4.05. The molecule has 0 spiro atoms. The number of carbonyl (C=O) groups excluding carboxylic acids is 1. The summed E-state index contributed by atoms with van der Waals surface area (Å²) in [7, 11) is 0. The first-order valence-electron chi connectivity index (χ1n) is 8.72. The Morgan fingerprint density at radius 2 is 1.70 bits per heavy atom. The van der Waals surface area contributed by atoms with Crippen molar-refractivity contribution < 1.29 is 14.3 Å². The number of aryl methyl sites for hydroxylation is 2. The van der Waals surface area contributed by atoms with Crippen LogP contribution in [0.15, 0.2) is 12.1 Å². The van der Waals surface area contributed by atoms with Gasteiger partial charge in [0.05, 0.1) is 6.61 Å². The van der Waals surface area contributed by atoms with Crippen LogP contribution in [-0.2, 0) is 9.53 Å². The van der Waals surface area contributed by atoms with Gasteiger partial charge in [0.25, 0.3) is 5.91 Å². The second-order valence-electron chi connectivity index (χ2n) is 6.31. The van der Waals surface area contributed by atoms with Gasteiger partial charge in [0.1, 0.15) is 11.4 Å². The first-order chi connectivity index (χ1) is 11.0. The Labute approximate surface area is 139 Å². The van der Waals surface area contributed by atoms with Gasteiger partial charge < -0.3 is 14.8 Å². The summed E-state index contributed by atoms with van der Waals surface area (Å²) in [4.78, 5) is 12.8. The molecule has 1 aliphatic carbocycles. The smallest absolute Gasteiger partial charge is 0.256 e. The highest BCUT2D eigenvalue weighted by molar-refractivity contribution is 5.97. The van der Waals surface area contributed by atoms with Gasteiger partial charge in [-0.2, -0.15) is 0 Å². The van der Waals surface area contributed by atoms with Crippen molar-refractivity contribution in [2.45, 2.75) is 65.4 Å².